The van der Waals surface area contributed by atoms with Crippen molar-refractivity contribution in [2.75, 3.05) is 13.1 Å². The van der Waals surface area contributed by atoms with E-state index >= 15 is 0 Å². The molecule has 1 saturated heterocycles. The van der Waals surface area contributed by atoms with Gasteiger partial charge in [-0.25, -0.2) is 0 Å². The second-order valence-corrected chi connectivity index (χ2v) is 9.19. The van der Waals surface area contributed by atoms with Crippen LogP contribution in [0.15, 0.2) is 60.0 Å². The zero-order valence-corrected chi connectivity index (χ0v) is 18.7. The van der Waals surface area contributed by atoms with Crippen molar-refractivity contribution in [3.05, 3.63) is 60.4 Å². The summed E-state index contributed by atoms with van der Waals surface area (Å²) in [6, 6.07) is 13.9. The average Bonchev–Trinajstić information content (AvgIpc) is 3.21. The van der Waals surface area contributed by atoms with Crippen molar-refractivity contribution in [3.8, 4) is 11.4 Å². The van der Waals surface area contributed by atoms with Gasteiger partial charge in [0.1, 0.15) is 0 Å². The van der Waals surface area contributed by atoms with Crippen molar-refractivity contribution < 1.29 is 9.59 Å². The molecule has 9 heteroatoms. The normalized spacial score (nSPS) is 15.5. The summed E-state index contributed by atoms with van der Waals surface area (Å²) in [4.78, 5) is 30.5. The van der Waals surface area contributed by atoms with Crippen LogP contribution < -0.4 is 5.73 Å². The minimum Gasteiger partial charge on any atom is -0.369 e. The summed E-state index contributed by atoms with van der Waals surface area (Å²) in [6.07, 6.45) is 4.72. The number of likely N-dealkylation sites (tertiary alicyclic amines) is 1. The maximum absolute atomic E-state index is 13.0. The van der Waals surface area contributed by atoms with E-state index < -0.39 is 0 Å². The lowest BCUT2D eigenvalue weighted by Crippen LogP contribution is -2.44. The molecule has 0 radical (unpaired) electrons. The van der Waals surface area contributed by atoms with Gasteiger partial charge < -0.3 is 10.6 Å². The van der Waals surface area contributed by atoms with Gasteiger partial charge in [-0.15, -0.1) is 10.2 Å². The molecule has 32 heavy (non-hydrogen) atoms. The van der Waals surface area contributed by atoms with E-state index in [0.717, 1.165) is 11.1 Å². The first-order chi connectivity index (χ1) is 15.5. The number of thioether (sulfide) groups is 1. The van der Waals surface area contributed by atoms with Gasteiger partial charge in [-0.3, -0.25) is 19.1 Å². The van der Waals surface area contributed by atoms with Crippen LogP contribution in [0.3, 0.4) is 0 Å². The number of nitrogens with zero attached hydrogens (tertiary/aromatic N) is 5. The largest absolute Gasteiger partial charge is 0.369 e. The third-order valence-electron chi connectivity index (χ3n) is 5.66. The van der Waals surface area contributed by atoms with Crippen LogP contribution in [0.2, 0.25) is 0 Å². The van der Waals surface area contributed by atoms with Crippen molar-refractivity contribution in [1.82, 2.24) is 24.6 Å². The fraction of sp³-hybridized carbons (Fsp3) is 0.348. The zero-order valence-electron chi connectivity index (χ0n) is 17.9. The molecule has 8 nitrogen and oxygen atoms in total. The molecular weight excluding hydrogens is 424 g/mol. The molecule has 0 spiro atoms. The topological polar surface area (TPSA) is 107 Å². The van der Waals surface area contributed by atoms with Gasteiger partial charge >= 0.3 is 0 Å². The van der Waals surface area contributed by atoms with Crippen LogP contribution in [-0.2, 0) is 16.1 Å². The number of hydrogen-bond donors (Lipinski definition) is 1. The molecule has 3 aromatic rings. The summed E-state index contributed by atoms with van der Waals surface area (Å²) in [7, 11) is 0. The second kappa shape index (κ2) is 9.95. The highest BCUT2D eigenvalue weighted by Crippen LogP contribution is 2.29. The first-order valence-corrected chi connectivity index (χ1v) is 11.5. The molecular formula is C23H26N6O2S. The first-order valence-electron chi connectivity index (χ1n) is 10.6. The molecule has 0 aliphatic carbocycles. The summed E-state index contributed by atoms with van der Waals surface area (Å²) in [5.41, 5.74) is 7.40. The molecule has 1 aromatic carbocycles. The van der Waals surface area contributed by atoms with Crippen LogP contribution in [0, 0.1) is 5.92 Å². The lowest BCUT2D eigenvalue weighted by molar-refractivity contribution is -0.134. The van der Waals surface area contributed by atoms with Gasteiger partial charge in [0.25, 0.3) is 0 Å². The molecule has 1 aliphatic rings. The minimum atomic E-state index is -0.333. The average molecular weight is 451 g/mol. The zero-order chi connectivity index (χ0) is 22.5. The Kier molecular flexibility index (Phi) is 6.84. The van der Waals surface area contributed by atoms with Gasteiger partial charge in [0, 0.05) is 37.0 Å². The summed E-state index contributed by atoms with van der Waals surface area (Å²) in [6.45, 7) is 3.58. The van der Waals surface area contributed by atoms with Gasteiger partial charge in [-0.2, -0.15) is 0 Å². The van der Waals surface area contributed by atoms with Gasteiger partial charge in [-0.1, -0.05) is 42.1 Å². The monoisotopic (exact) mass is 450 g/mol. The van der Waals surface area contributed by atoms with Crippen molar-refractivity contribution in [2.24, 2.45) is 11.7 Å². The Morgan fingerprint density at radius 2 is 1.88 bits per heavy atom. The number of carbonyl (C=O) groups excluding carboxylic acids is 2. The number of hydrogen-bond acceptors (Lipinski definition) is 6. The number of primary amides is 1. The summed E-state index contributed by atoms with van der Waals surface area (Å²) in [5, 5.41) is 9.17. The molecule has 2 N–H and O–H groups in total. The summed E-state index contributed by atoms with van der Waals surface area (Å²) >= 11 is 1.40. The van der Waals surface area contributed by atoms with E-state index in [1.54, 1.807) is 12.4 Å². The van der Waals surface area contributed by atoms with Crippen LogP contribution in [0.5, 0.6) is 0 Å². The molecule has 1 aliphatic heterocycles. The Morgan fingerprint density at radius 3 is 2.53 bits per heavy atom. The van der Waals surface area contributed by atoms with Gasteiger partial charge in [-0.05, 0) is 37.5 Å². The Balaban J connectivity index is 1.53. The van der Waals surface area contributed by atoms with E-state index in [1.165, 1.54) is 11.8 Å². The Hall–Kier alpha value is -3.20. The Bertz CT molecular complexity index is 1060. The van der Waals surface area contributed by atoms with E-state index in [-0.39, 0.29) is 23.0 Å². The number of nitrogens with two attached hydrogens (primary N) is 1. The first kappa shape index (κ1) is 22.0. The Labute approximate surface area is 191 Å². The number of piperidine rings is 1. The van der Waals surface area contributed by atoms with Crippen molar-refractivity contribution >= 4 is 23.6 Å². The SMILES string of the molecule is CC(Sc1nnc(-c2cccnc2)n1Cc1ccccc1)C(=O)N1CCC(C(N)=O)CC1. The maximum atomic E-state index is 13.0. The van der Waals surface area contributed by atoms with Crippen molar-refractivity contribution in [2.45, 2.75) is 36.7 Å². The van der Waals surface area contributed by atoms with E-state index in [1.807, 2.05) is 46.7 Å². The highest BCUT2D eigenvalue weighted by atomic mass is 32.2. The number of amides is 2. The lowest BCUT2D eigenvalue weighted by atomic mass is 9.96. The fourth-order valence-electron chi connectivity index (χ4n) is 3.84. The van der Waals surface area contributed by atoms with Crippen LogP contribution in [0.4, 0.5) is 0 Å². The van der Waals surface area contributed by atoms with Crippen molar-refractivity contribution in [3.63, 3.8) is 0 Å². The van der Waals surface area contributed by atoms with Gasteiger partial charge in [0.05, 0.1) is 11.8 Å². The summed E-state index contributed by atoms with van der Waals surface area (Å²) in [5.74, 6) is 0.330. The molecule has 1 atom stereocenters. The molecule has 1 unspecified atom stereocenters. The van der Waals surface area contributed by atoms with Crippen LogP contribution in [0.25, 0.3) is 11.4 Å². The quantitative estimate of drug-likeness (QED) is 0.555. The van der Waals surface area contributed by atoms with Crippen molar-refractivity contribution in [1.29, 1.82) is 0 Å². The fourth-order valence-corrected chi connectivity index (χ4v) is 4.78. The molecule has 4 rings (SSSR count). The third-order valence-corrected chi connectivity index (χ3v) is 6.73. The molecule has 2 aromatic heterocycles. The minimum absolute atomic E-state index is 0.0371. The van der Waals surface area contributed by atoms with E-state index in [0.29, 0.717) is 43.5 Å². The van der Waals surface area contributed by atoms with Gasteiger partial charge in [0.2, 0.25) is 11.8 Å². The standard InChI is InChI=1S/C23H26N6O2S/c1-16(22(31)28-12-9-18(10-13-28)20(24)30)32-23-27-26-21(19-8-5-11-25-14-19)29(23)15-17-6-3-2-4-7-17/h2-8,11,14,16,18H,9-10,12-13,15H2,1H3,(H2,24,30). The van der Waals surface area contributed by atoms with E-state index in [2.05, 4.69) is 27.3 Å². The highest BCUT2D eigenvalue weighted by Gasteiger charge is 2.29. The second-order valence-electron chi connectivity index (χ2n) is 7.88. The molecule has 166 valence electrons. The van der Waals surface area contributed by atoms with Crippen LogP contribution >= 0.6 is 11.8 Å². The smallest absolute Gasteiger partial charge is 0.235 e. The number of rotatable bonds is 7. The molecule has 0 saturated carbocycles. The number of benzene rings is 1. The Morgan fingerprint density at radius 1 is 1.12 bits per heavy atom. The predicted molar refractivity (Wildman–Crippen MR) is 123 cm³/mol. The molecule has 3 heterocycles. The predicted octanol–water partition coefficient (Wildman–Crippen LogP) is 2.59. The molecule has 0 bridgehead atoms. The number of carbonyl (C=O) groups is 2. The van der Waals surface area contributed by atoms with E-state index in [9.17, 15) is 9.59 Å². The highest BCUT2D eigenvalue weighted by molar-refractivity contribution is 8.00. The van der Waals surface area contributed by atoms with Crippen LogP contribution in [-0.4, -0.2) is 54.8 Å². The lowest BCUT2D eigenvalue weighted by Gasteiger charge is -2.32. The maximum Gasteiger partial charge on any atom is 0.235 e. The number of pyridine rings is 1. The van der Waals surface area contributed by atoms with E-state index in [4.69, 9.17) is 5.73 Å². The summed E-state index contributed by atoms with van der Waals surface area (Å²) < 4.78 is 2.03. The van der Waals surface area contributed by atoms with Gasteiger partial charge in [0.15, 0.2) is 11.0 Å². The third kappa shape index (κ3) is 4.99. The molecule has 1 fully saturated rings. The van der Waals surface area contributed by atoms with Crippen LogP contribution in [0.1, 0.15) is 25.3 Å². The molecule has 2 amide bonds. The number of aromatic nitrogens is 4.